The Morgan fingerprint density at radius 1 is 1.14 bits per heavy atom. The van der Waals surface area contributed by atoms with Crippen molar-refractivity contribution in [1.29, 1.82) is 0 Å². The van der Waals surface area contributed by atoms with Crippen LogP contribution in [0.15, 0.2) is 21.8 Å². The maximum absolute atomic E-state index is 5.69. The van der Waals surface area contributed by atoms with Gasteiger partial charge in [0.15, 0.2) is 5.96 Å². The van der Waals surface area contributed by atoms with Gasteiger partial charge in [-0.1, -0.05) is 5.16 Å². The van der Waals surface area contributed by atoms with E-state index < -0.39 is 0 Å². The quantitative estimate of drug-likeness (QED) is 0.568. The Morgan fingerprint density at radius 2 is 1.90 bits per heavy atom. The molecule has 0 aliphatic carbocycles. The van der Waals surface area contributed by atoms with E-state index in [1.165, 1.54) is 25.9 Å². The van der Waals surface area contributed by atoms with Gasteiger partial charge < -0.3 is 19.5 Å². The van der Waals surface area contributed by atoms with Crippen LogP contribution < -0.4 is 5.32 Å². The molecule has 0 spiro atoms. The molecule has 0 amide bonds. The highest BCUT2D eigenvalue weighted by molar-refractivity contribution is 5.80. The Hall–Kier alpha value is -1.64. The minimum atomic E-state index is 0.185. The van der Waals surface area contributed by atoms with Crippen LogP contribution in [0.4, 0.5) is 0 Å². The van der Waals surface area contributed by atoms with Crippen LogP contribution in [0.5, 0.6) is 0 Å². The first-order valence-electron chi connectivity index (χ1n) is 11.3. The predicted molar refractivity (Wildman–Crippen MR) is 113 cm³/mol. The summed E-state index contributed by atoms with van der Waals surface area (Å²) in [6, 6.07) is 1.95. The fraction of sp³-hybridized carbons (Fsp3) is 0.810. The average Bonchev–Trinajstić information content (AvgIpc) is 3.47. The number of piperazine rings is 1. The summed E-state index contributed by atoms with van der Waals surface area (Å²) in [7, 11) is 0. The molecule has 3 aliphatic rings. The summed E-state index contributed by atoms with van der Waals surface area (Å²) in [5.74, 6) is 1.07. The van der Waals surface area contributed by atoms with Crippen LogP contribution in [0, 0.1) is 0 Å². The molecule has 0 atom stereocenters. The van der Waals surface area contributed by atoms with Crippen molar-refractivity contribution in [2.24, 2.45) is 4.99 Å². The van der Waals surface area contributed by atoms with Crippen LogP contribution in [0.1, 0.15) is 38.3 Å². The molecule has 1 N–H and O–H groups in total. The molecule has 29 heavy (non-hydrogen) atoms. The minimum absolute atomic E-state index is 0.185. The first-order chi connectivity index (χ1) is 14.3. The SMILES string of the molecule is CCNC(=NCC1(N2CCCC2)CCOCC1)N1CCN(Cc2ccon2)CC1. The standard InChI is InChI=1S/C21H36N6O2/c1-2-22-20(26-12-10-25(11-13-26)17-19-5-14-29-24-19)23-18-21(6-15-28-16-7-21)27-8-3-4-9-27/h5,14H,2-4,6-13,15-18H2,1H3,(H,22,23). The second kappa shape index (κ2) is 9.91. The van der Waals surface area contributed by atoms with Gasteiger partial charge in [0.25, 0.3) is 0 Å². The van der Waals surface area contributed by atoms with Gasteiger partial charge in [-0.15, -0.1) is 0 Å². The summed E-state index contributed by atoms with van der Waals surface area (Å²) in [5.41, 5.74) is 1.19. The first kappa shape index (κ1) is 20.6. The minimum Gasteiger partial charge on any atom is -0.381 e. The van der Waals surface area contributed by atoms with Crippen molar-refractivity contribution in [3.8, 4) is 0 Å². The number of likely N-dealkylation sites (tertiary alicyclic amines) is 1. The molecule has 0 aromatic carbocycles. The molecule has 0 saturated carbocycles. The number of aromatic nitrogens is 1. The molecule has 3 aliphatic heterocycles. The average molecular weight is 405 g/mol. The molecular weight excluding hydrogens is 368 g/mol. The van der Waals surface area contributed by atoms with Crippen LogP contribution in [0.25, 0.3) is 0 Å². The van der Waals surface area contributed by atoms with Gasteiger partial charge >= 0.3 is 0 Å². The van der Waals surface area contributed by atoms with E-state index in [-0.39, 0.29) is 5.54 Å². The van der Waals surface area contributed by atoms with Crippen LogP contribution in [-0.4, -0.2) is 96.9 Å². The summed E-state index contributed by atoms with van der Waals surface area (Å²) in [6.45, 7) is 13.0. The van der Waals surface area contributed by atoms with E-state index >= 15 is 0 Å². The van der Waals surface area contributed by atoms with Crippen molar-refractivity contribution in [1.82, 2.24) is 25.2 Å². The lowest BCUT2D eigenvalue weighted by molar-refractivity contribution is -0.0140. The zero-order chi connectivity index (χ0) is 19.9. The van der Waals surface area contributed by atoms with Crippen molar-refractivity contribution in [2.45, 2.75) is 44.7 Å². The molecule has 0 bridgehead atoms. The number of nitrogens with one attached hydrogen (secondary N) is 1. The summed E-state index contributed by atoms with van der Waals surface area (Å²) >= 11 is 0. The van der Waals surface area contributed by atoms with Gasteiger partial charge in [0.05, 0.1) is 12.2 Å². The molecule has 4 rings (SSSR count). The van der Waals surface area contributed by atoms with Crippen molar-refractivity contribution in [3.63, 3.8) is 0 Å². The largest absolute Gasteiger partial charge is 0.381 e. The summed E-state index contributed by atoms with van der Waals surface area (Å²) in [4.78, 5) is 12.7. The molecule has 0 unspecified atom stereocenters. The van der Waals surface area contributed by atoms with Gasteiger partial charge in [-0.25, -0.2) is 0 Å². The van der Waals surface area contributed by atoms with E-state index in [4.69, 9.17) is 14.3 Å². The third-order valence-electron chi connectivity index (χ3n) is 6.61. The van der Waals surface area contributed by atoms with Crippen LogP contribution >= 0.6 is 0 Å². The van der Waals surface area contributed by atoms with E-state index in [0.29, 0.717) is 0 Å². The fourth-order valence-corrected chi connectivity index (χ4v) is 4.83. The van der Waals surface area contributed by atoms with Crippen molar-refractivity contribution >= 4 is 5.96 Å². The maximum Gasteiger partial charge on any atom is 0.194 e. The normalized spacial score (nSPS) is 24.2. The Bertz CT molecular complexity index is 630. The molecule has 0 radical (unpaired) electrons. The Kier molecular flexibility index (Phi) is 7.05. The monoisotopic (exact) mass is 404 g/mol. The maximum atomic E-state index is 5.69. The smallest absolute Gasteiger partial charge is 0.194 e. The lowest BCUT2D eigenvalue weighted by atomic mass is 9.88. The molecule has 3 saturated heterocycles. The van der Waals surface area contributed by atoms with Crippen LogP contribution in [0.2, 0.25) is 0 Å². The third kappa shape index (κ3) is 5.10. The zero-order valence-corrected chi connectivity index (χ0v) is 17.8. The predicted octanol–water partition coefficient (Wildman–Crippen LogP) is 1.40. The number of hydrogen-bond acceptors (Lipinski definition) is 6. The van der Waals surface area contributed by atoms with E-state index in [0.717, 1.165) is 83.5 Å². The van der Waals surface area contributed by atoms with Gasteiger partial charge in [-0.2, -0.15) is 0 Å². The molecular formula is C21H36N6O2. The topological polar surface area (TPSA) is 69.4 Å². The van der Waals surface area contributed by atoms with Gasteiger partial charge in [0, 0.05) is 64.1 Å². The molecule has 4 heterocycles. The molecule has 8 nitrogen and oxygen atoms in total. The number of hydrogen-bond donors (Lipinski definition) is 1. The molecule has 1 aromatic rings. The second-order valence-electron chi connectivity index (χ2n) is 8.46. The van der Waals surface area contributed by atoms with E-state index in [1.54, 1.807) is 6.26 Å². The Balaban J connectivity index is 1.38. The van der Waals surface area contributed by atoms with Crippen molar-refractivity contribution < 1.29 is 9.26 Å². The van der Waals surface area contributed by atoms with Gasteiger partial charge in [0.1, 0.15) is 6.26 Å². The summed E-state index contributed by atoms with van der Waals surface area (Å²) in [5, 5.41) is 7.58. The Labute approximate surface area is 174 Å². The number of ether oxygens (including phenoxy) is 1. The highest BCUT2D eigenvalue weighted by atomic mass is 16.5. The summed E-state index contributed by atoms with van der Waals surface area (Å²) in [6.07, 6.45) is 6.48. The van der Waals surface area contributed by atoms with Crippen molar-refractivity contribution in [3.05, 3.63) is 18.0 Å². The van der Waals surface area contributed by atoms with E-state index in [9.17, 15) is 0 Å². The number of rotatable bonds is 6. The second-order valence-corrected chi connectivity index (χ2v) is 8.46. The highest BCUT2D eigenvalue weighted by Crippen LogP contribution is 2.31. The highest BCUT2D eigenvalue weighted by Gasteiger charge is 2.39. The molecule has 3 fully saturated rings. The van der Waals surface area contributed by atoms with Crippen LogP contribution in [-0.2, 0) is 11.3 Å². The van der Waals surface area contributed by atoms with Crippen LogP contribution in [0.3, 0.4) is 0 Å². The number of aliphatic imine (C=N–C) groups is 1. The van der Waals surface area contributed by atoms with E-state index in [1.807, 2.05) is 6.07 Å². The lowest BCUT2D eigenvalue weighted by Gasteiger charge is -2.44. The molecule has 162 valence electrons. The fourth-order valence-electron chi connectivity index (χ4n) is 4.83. The zero-order valence-electron chi connectivity index (χ0n) is 17.8. The van der Waals surface area contributed by atoms with E-state index in [2.05, 4.69) is 32.1 Å². The Morgan fingerprint density at radius 3 is 2.55 bits per heavy atom. The summed E-state index contributed by atoms with van der Waals surface area (Å²) < 4.78 is 10.7. The van der Waals surface area contributed by atoms with Gasteiger partial charge in [0.2, 0.25) is 0 Å². The molecule has 1 aromatic heterocycles. The number of guanidine groups is 1. The van der Waals surface area contributed by atoms with Crippen molar-refractivity contribution in [2.75, 3.05) is 65.6 Å². The number of nitrogens with zero attached hydrogens (tertiary/aromatic N) is 5. The van der Waals surface area contributed by atoms with Gasteiger partial charge in [-0.3, -0.25) is 14.8 Å². The third-order valence-corrected chi connectivity index (χ3v) is 6.61. The first-order valence-corrected chi connectivity index (χ1v) is 11.3. The van der Waals surface area contributed by atoms with Gasteiger partial charge in [-0.05, 0) is 45.7 Å². The molecule has 8 heteroatoms. The lowest BCUT2D eigenvalue weighted by Crippen LogP contribution is -2.55.